The third kappa shape index (κ3) is 7.91. The first-order chi connectivity index (χ1) is 15.3. The predicted molar refractivity (Wildman–Crippen MR) is 127 cm³/mol. The molecule has 2 atom stereocenters. The molecule has 174 valence electrons. The van der Waals surface area contributed by atoms with Crippen LogP contribution in [-0.2, 0) is 16.1 Å². The van der Waals surface area contributed by atoms with Crippen LogP contribution < -0.4 is 14.8 Å². The highest BCUT2D eigenvalue weighted by Gasteiger charge is 2.26. The van der Waals surface area contributed by atoms with Crippen molar-refractivity contribution in [2.24, 2.45) is 0 Å². The van der Waals surface area contributed by atoms with Crippen molar-refractivity contribution in [3.63, 3.8) is 0 Å². The van der Waals surface area contributed by atoms with Gasteiger partial charge in [-0.15, -0.1) is 0 Å². The Hall–Kier alpha value is -3.02. The number of carbonyl (C=O) groups excluding carboxylic acids is 2. The molecule has 6 heteroatoms. The number of rotatable bonds is 12. The zero-order valence-electron chi connectivity index (χ0n) is 19.9. The van der Waals surface area contributed by atoms with E-state index in [1.807, 2.05) is 69.3 Å². The lowest BCUT2D eigenvalue weighted by molar-refractivity contribution is -0.141. The van der Waals surface area contributed by atoms with Crippen LogP contribution in [0.1, 0.15) is 51.2 Å². The molecule has 2 aromatic carbocycles. The molecule has 0 fully saturated rings. The third-order valence-corrected chi connectivity index (χ3v) is 5.48. The molecule has 0 unspecified atom stereocenters. The second kappa shape index (κ2) is 12.7. The summed E-state index contributed by atoms with van der Waals surface area (Å²) in [4.78, 5) is 27.5. The van der Waals surface area contributed by atoms with Crippen molar-refractivity contribution in [1.29, 1.82) is 0 Å². The van der Waals surface area contributed by atoms with Gasteiger partial charge < -0.3 is 19.7 Å². The molecule has 0 saturated carbocycles. The molecule has 0 aliphatic rings. The summed E-state index contributed by atoms with van der Waals surface area (Å²) in [6, 6.07) is 14.9. The van der Waals surface area contributed by atoms with E-state index in [9.17, 15) is 9.59 Å². The van der Waals surface area contributed by atoms with Gasteiger partial charge in [0.1, 0.15) is 17.5 Å². The Kier molecular flexibility index (Phi) is 10.1. The fourth-order valence-corrected chi connectivity index (χ4v) is 3.21. The number of amides is 2. The SMILES string of the molecule is CC[C@H](C)NC(=O)[C@@H](C)N(Cc1cccc(OC)c1)C(=O)CCCOc1ccc(C)cc1. The average Bonchev–Trinajstić information content (AvgIpc) is 2.80. The van der Waals surface area contributed by atoms with Gasteiger partial charge in [-0.1, -0.05) is 36.8 Å². The first-order valence-corrected chi connectivity index (χ1v) is 11.3. The first-order valence-electron chi connectivity index (χ1n) is 11.3. The van der Waals surface area contributed by atoms with Crippen molar-refractivity contribution in [2.75, 3.05) is 13.7 Å². The number of carbonyl (C=O) groups is 2. The zero-order chi connectivity index (χ0) is 23.5. The molecular formula is C26H36N2O4. The van der Waals surface area contributed by atoms with E-state index in [1.165, 1.54) is 5.56 Å². The van der Waals surface area contributed by atoms with Gasteiger partial charge in [0.25, 0.3) is 0 Å². The molecule has 32 heavy (non-hydrogen) atoms. The quantitative estimate of drug-likeness (QED) is 0.494. The zero-order valence-corrected chi connectivity index (χ0v) is 19.9. The van der Waals surface area contributed by atoms with Gasteiger partial charge in [0.15, 0.2) is 0 Å². The van der Waals surface area contributed by atoms with Crippen molar-refractivity contribution in [2.45, 2.75) is 65.6 Å². The largest absolute Gasteiger partial charge is 0.497 e. The number of methoxy groups -OCH3 is 1. The highest BCUT2D eigenvalue weighted by Crippen LogP contribution is 2.18. The molecule has 0 saturated heterocycles. The molecule has 0 aliphatic carbocycles. The molecule has 0 aromatic heterocycles. The Labute approximate surface area is 191 Å². The number of aryl methyl sites for hydroxylation is 1. The number of ether oxygens (including phenoxy) is 2. The fourth-order valence-electron chi connectivity index (χ4n) is 3.21. The van der Waals surface area contributed by atoms with Crippen LogP contribution in [0, 0.1) is 6.92 Å². The molecule has 0 spiro atoms. The minimum absolute atomic E-state index is 0.0571. The summed E-state index contributed by atoms with van der Waals surface area (Å²) in [6.45, 7) is 8.56. The molecule has 2 rings (SSSR count). The maximum atomic E-state index is 13.1. The van der Waals surface area contributed by atoms with Crippen LogP contribution in [0.4, 0.5) is 0 Å². The first kappa shape index (κ1) is 25.2. The van der Waals surface area contributed by atoms with Crippen LogP contribution in [0.15, 0.2) is 48.5 Å². The predicted octanol–water partition coefficient (Wildman–Crippen LogP) is 4.49. The van der Waals surface area contributed by atoms with Gasteiger partial charge >= 0.3 is 0 Å². The Morgan fingerprint density at radius 3 is 2.44 bits per heavy atom. The Morgan fingerprint density at radius 1 is 1.06 bits per heavy atom. The van der Waals surface area contributed by atoms with Crippen molar-refractivity contribution in [3.05, 3.63) is 59.7 Å². The summed E-state index contributed by atoms with van der Waals surface area (Å²) in [5.74, 6) is 1.29. The van der Waals surface area contributed by atoms with E-state index < -0.39 is 6.04 Å². The Morgan fingerprint density at radius 2 is 1.78 bits per heavy atom. The van der Waals surface area contributed by atoms with E-state index in [-0.39, 0.29) is 17.9 Å². The summed E-state index contributed by atoms with van der Waals surface area (Å²) in [5.41, 5.74) is 2.09. The van der Waals surface area contributed by atoms with Crippen LogP contribution in [-0.4, -0.2) is 42.5 Å². The van der Waals surface area contributed by atoms with E-state index >= 15 is 0 Å². The third-order valence-electron chi connectivity index (χ3n) is 5.48. The molecule has 1 N–H and O–H groups in total. The van der Waals surface area contributed by atoms with E-state index in [1.54, 1.807) is 18.9 Å². The van der Waals surface area contributed by atoms with E-state index in [4.69, 9.17) is 9.47 Å². The molecule has 6 nitrogen and oxygen atoms in total. The highest BCUT2D eigenvalue weighted by molar-refractivity contribution is 5.87. The van der Waals surface area contributed by atoms with E-state index in [0.717, 1.165) is 23.5 Å². The lowest BCUT2D eigenvalue weighted by Crippen LogP contribution is -2.49. The summed E-state index contributed by atoms with van der Waals surface area (Å²) in [7, 11) is 1.61. The highest BCUT2D eigenvalue weighted by atomic mass is 16.5. The van der Waals surface area contributed by atoms with E-state index in [0.29, 0.717) is 26.0 Å². The van der Waals surface area contributed by atoms with Crippen LogP contribution in [0.25, 0.3) is 0 Å². The molecule has 2 amide bonds. The topological polar surface area (TPSA) is 67.9 Å². The molecule has 0 heterocycles. The van der Waals surface area contributed by atoms with Crippen molar-refractivity contribution in [3.8, 4) is 11.5 Å². The van der Waals surface area contributed by atoms with Crippen molar-refractivity contribution >= 4 is 11.8 Å². The van der Waals surface area contributed by atoms with Gasteiger partial charge in [-0.25, -0.2) is 0 Å². The van der Waals surface area contributed by atoms with Gasteiger partial charge in [-0.05, 0) is 63.4 Å². The van der Waals surface area contributed by atoms with Gasteiger partial charge in [0, 0.05) is 19.0 Å². The summed E-state index contributed by atoms with van der Waals surface area (Å²) < 4.78 is 11.0. The Balaban J connectivity index is 2.03. The Bertz CT molecular complexity index is 866. The van der Waals surface area contributed by atoms with E-state index in [2.05, 4.69) is 5.32 Å². The monoisotopic (exact) mass is 440 g/mol. The second-order valence-electron chi connectivity index (χ2n) is 8.13. The summed E-state index contributed by atoms with van der Waals surface area (Å²) >= 11 is 0. The summed E-state index contributed by atoms with van der Waals surface area (Å²) in [6.07, 6.45) is 1.70. The molecule has 2 aromatic rings. The minimum Gasteiger partial charge on any atom is -0.497 e. The molecular weight excluding hydrogens is 404 g/mol. The fraction of sp³-hybridized carbons (Fsp3) is 0.462. The lowest BCUT2D eigenvalue weighted by Gasteiger charge is -2.30. The average molecular weight is 441 g/mol. The van der Waals surface area contributed by atoms with Gasteiger partial charge in [0.05, 0.1) is 13.7 Å². The number of hydrogen-bond donors (Lipinski definition) is 1. The standard InChI is InChI=1S/C26H36N2O4/c1-6-20(3)27-26(30)21(4)28(18-22-9-7-10-24(17-22)31-5)25(29)11-8-16-32-23-14-12-19(2)13-15-23/h7,9-10,12-15,17,20-21H,6,8,11,16,18H2,1-5H3,(H,27,30)/t20-,21+/m0/s1. The molecule has 0 radical (unpaired) electrons. The van der Waals surface area contributed by atoms with Crippen molar-refractivity contribution in [1.82, 2.24) is 10.2 Å². The van der Waals surface area contributed by atoms with Crippen LogP contribution in [0.3, 0.4) is 0 Å². The van der Waals surface area contributed by atoms with Crippen LogP contribution in [0.5, 0.6) is 11.5 Å². The van der Waals surface area contributed by atoms with Crippen LogP contribution in [0.2, 0.25) is 0 Å². The van der Waals surface area contributed by atoms with Crippen molar-refractivity contribution < 1.29 is 19.1 Å². The van der Waals surface area contributed by atoms with Gasteiger partial charge in [-0.2, -0.15) is 0 Å². The van der Waals surface area contributed by atoms with Crippen LogP contribution >= 0.6 is 0 Å². The summed E-state index contributed by atoms with van der Waals surface area (Å²) in [5, 5.41) is 2.98. The lowest BCUT2D eigenvalue weighted by atomic mass is 10.1. The molecule has 0 bridgehead atoms. The maximum Gasteiger partial charge on any atom is 0.242 e. The minimum atomic E-state index is -0.583. The van der Waals surface area contributed by atoms with Gasteiger partial charge in [-0.3, -0.25) is 9.59 Å². The molecule has 0 aliphatic heterocycles. The number of hydrogen-bond acceptors (Lipinski definition) is 4. The number of nitrogens with zero attached hydrogens (tertiary/aromatic N) is 1. The second-order valence-corrected chi connectivity index (χ2v) is 8.13. The normalized spacial score (nSPS) is 12.5. The maximum absolute atomic E-state index is 13.1. The number of nitrogens with one attached hydrogen (secondary N) is 1. The number of benzene rings is 2. The van der Waals surface area contributed by atoms with Gasteiger partial charge in [0.2, 0.25) is 11.8 Å². The smallest absolute Gasteiger partial charge is 0.242 e.